The van der Waals surface area contributed by atoms with Crippen LogP contribution >= 0.6 is 0 Å². The molecule has 1 heterocycles. The fourth-order valence-electron chi connectivity index (χ4n) is 3.17. The van der Waals surface area contributed by atoms with Crippen LogP contribution in [0.5, 0.6) is 0 Å². The van der Waals surface area contributed by atoms with Crippen LogP contribution in [0.15, 0.2) is 42.5 Å². The van der Waals surface area contributed by atoms with Crippen LogP contribution < -0.4 is 5.32 Å². The Bertz CT molecular complexity index is 1140. The number of nitrogens with zero attached hydrogens (tertiary/aromatic N) is 1. The molecule has 3 aromatic rings. The summed E-state index contributed by atoms with van der Waals surface area (Å²) in [6, 6.07) is 6.62. The van der Waals surface area contributed by atoms with Gasteiger partial charge in [0, 0.05) is 18.7 Å². The van der Waals surface area contributed by atoms with Crippen LogP contribution in [-0.2, 0) is 39.7 Å². The Morgan fingerprint density at radius 3 is 2.21 bits per heavy atom. The van der Waals surface area contributed by atoms with E-state index < -0.39 is 53.6 Å². The highest BCUT2D eigenvalue weighted by atomic mass is 19.4. The topological polar surface area (TPSA) is 84.1 Å². The van der Waals surface area contributed by atoms with E-state index in [2.05, 4.69) is 15.5 Å². The maximum absolute atomic E-state index is 13.0. The molecule has 0 aliphatic heterocycles. The maximum atomic E-state index is 13.0. The average molecular weight is 473 g/mol. The van der Waals surface area contributed by atoms with Gasteiger partial charge in [-0.05, 0) is 29.8 Å². The molecule has 1 atom stereocenters. The number of aromatic amines is 1. The molecule has 0 saturated carbocycles. The Hall–Kier alpha value is -3.57. The molecule has 0 spiro atoms. The van der Waals surface area contributed by atoms with Gasteiger partial charge in [0.25, 0.3) is 0 Å². The summed E-state index contributed by atoms with van der Waals surface area (Å²) in [6.45, 7) is 0.286. The molecule has 176 valence electrons. The van der Waals surface area contributed by atoms with Crippen molar-refractivity contribution in [2.24, 2.45) is 0 Å². The first-order valence-corrected chi connectivity index (χ1v) is 9.48. The average Bonchev–Trinajstić information content (AvgIpc) is 3.12. The minimum atomic E-state index is -5.03. The molecule has 1 unspecified atom stereocenters. The summed E-state index contributed by atoms with van der Waals surface area (Å²) >= 11 is 0. The van der Waals surface area contributed by atoms with E-state index in [-0.39, 0.29) is 12.5 Å². The van der Waals surface area contributed by atoms with Gasteiger partial charge >= 0.3 is 18.3 Å². The lowest BCUT2D eigenvalue weighted by molar-refractivity contribution is -0.149. The van der Waals surface area contributed by atoms with Crippen molar-refractivity contribution < 1.29 is 40.7 Å². The number of esters is 1. The van der Waals surface area contributed by atoms with Crippen molar-refractivity contribution in [1.29, 1.82) is 0 Å². The molecule has 0 radical (unpaired) electrons. The zero-order valence-corrected chi connectivity index (χ0v) is 17.0. The zero-order valence-electron chi connectivity index (χ0n) is 17.0. The van der Waals surface area contributed by atoms with Crippen LogP contribution in [0, 0.1) is 0 Å². The van der Waals surface area contributed by atoms with Crippen molar-refractivity contribution in [3.63, 3.8) is 0 Å². The summed E-state index contributed by atoms with van der Waals surface area (Å²) in [7, 11) is 0. The number of carbonyl (C=O) groups excluding carboxylic acids is 2. The summed E-state index contributed by atoms with van der Waals surface area (Å²) in [6.07, 6.45) is -10.2. The number of halogens is 6. The smallest absolute Gasteiger partial charge is 0.416 e. The first-order chi connectivity index (χ1) is 15.3. The second kappa shape index (κ2) is 9.12. The van der Waals surface area contributed by atoms with Gasteiger partial charge in [0.2, 0.25) is 5.91 Å². The largest absolute Gasteiger partial charge is 0.459 e. The third kappa shape index (κ3) is 6.02. The third-order valence-electron chi connectivity index (χ3n) is 4.64. The second-order valence-corrected chi connectivity index (χ2v) is 7.19. The van der Waals surface area contributed by atoms with Gasteiger partial charge in [-0.1, -0.05) is 18.2 Å². The Morgan fingerprint density at radius 2 is 1.64 bits per heavy atom. The highest BCUT2D eigenvalue weighted by Gasteiger charge is 2.37. The van der Waals surface area contributed by atoms with Gasteiger partial charge in [-0.2, -0.15) is 31.4 Å². The van der Waals surface area contributed by atoms with Crippen LogP contribution in [0.3, 0.4) is 0 Å². The van der Waals surface area contributed by atoms with Crippen molar-refractivity contribution in [1.82, 2.24) is 15.5 Å². The quantitative estimate of drug-likeness (QED) is 0.411. The van der Waals surface area contributed by atoms with E-state index in [0.717, 1.165) is 6.92 Å². The number of hydrogen-bond donors (Lipinski definition) is 2. The Balaban J connectivity index is 1.81. The first-order valence-electron chi connectivity index (χ1n) is 9.48. The van der Waals surface area contributed by atoms with E-state index in [1.165, 1.54) is 0 Å². The summed E-state index contributed by atoms with van der Waals surface area (Å²) in [4.78, 5) is 24.1. The van der Waals surface area contributed by atoms with Crippen LogP contribution in [0.4, 0.5) is 26.3 Å². The van der Waals surface area contributed by atoms with Crippen molar-refractivity contribution in [3.05, 3.63) is 64.8 Å². The molecule has 3 rings (SSSR count). The lowest BCUT2D eigenvalue weighted by Gasteiger charge is -2.17. The first kappa shape index (κ1) is 24.1. The summed E-state index contributed by atoms with van der Waals surface area (Å²) in [5.41, 5.74) is -2.46. The number of ether oxygens (including phenoxy) is 1. The van der Waals surface area contributed by atoms with E-state index in [0.29, 0.717) is 28.7 Å². The van der Waals surface area contributed by atoms with Gasteiger partial charge in [-0.25, -0.2) is 4.79 Å². The van der Waals surface area contributed by atoms with Crippen molar-refractivity contribution in [3.8, 4) is 0 Å². The Morgan fingerprint density at radius 1 is 1.03 bits per heavy atom. The number of fused-ring (bicyclic) bond motifs is 1. The lowest BCUT2D eigenvalue weighted by atomic mass is 10.0. The number of carbonyl (C=O) groups is 2. The number of aromatic nitrogens is 2. The van der Waals surface area contributed by atoms with E-state index in [9.17, 15) is 35.9 Å². The molecule has 2 aromatic carbocycles. The minimum Gasteiger partial charge on any atom is -0.459 e. The van der Waals surface area contributed by atoms with Crippen LogP contribution in [0.2, 0.25) is 0 Å². The molecule has 0 fully saturated rings. The normalized spacial score (nSPS) is 13.1. The van der Waals surface area contributed by atoms with Crippen molar-refractivity contribution in [2.45, 2.75) is 38.3 Å². The number of amides is 1. The predicted octanol–water partition coefficient (Wildman–Crippen LogP) is 4.39. The molecule has 6 nitrogen and oxygen atoms in total. The fraction of sp³-hybridized carbons (Fsp3) is 0.286. The molecule has 1 aromatic heterocycles. The molecule has 12 heteroatoms. The van der Waals surface area contributed by atoms with E-state index in [4.69, 9.17) is 4.74 Å². The molecule has 0 saturated heterocycles. The van der Waals surface area contributed by atoms with Crippen LogP contribution in [-0.4, -0.2) is 28.1 Å². The number of para-hydroxylation sites is 1. The van der Waals surface area contributed by atoms with E-state index in [1.807, 2.05) is 0 Å². The van der Waals surface area contributed by atoms with Gasteiger partial charge in [0.05, 0.1) is 22.3 Å². The molecule has 33 heavy (non-hydrogen) atoms. The zero-order chi connectivity index (χ0) is 24.4. The lowest BCUT2D eigenvalue weighted by Crippen LogP contribution is -2.42. The Kier molecular flexibility index (Phi) is 6.65. The van der Waals surface area contributed by atoms with Gasteiger partial charge in [0.1, 0.15) is 12.6 Å². The van der Waals surface area contributed by atoms with Crippen LogP contribution in [0.1, 0.15) is 29.3 Å². The van der Waals surface area contributed by atoms with Gasteiger partial charge in [-0.3, -0.25) is 9.89 Å². The molecular weight excluding hydrogens is 456 g/mol. The monoisotopic (exact) mass is 473 g/mol. The molecule has 1 amide bonds. The summed E-state index contributed by atoms with van der Waals surface area (Å²) in [5, 5.41) is 9.88. The van der Waals surface area contributed by atoms with E-state index >= 15 is 0 Å². The number of alkyl halides is 6. The van der Waals surface area contributed by atoms with Crippen molar-refractivity contribution in [2.75, 3.05) is 0 Å². The number of hydrogen-bond acceptors (Lipinski definition) is 4. The van der Waals surface area contributed by atoms with Crippen molar-refractivity contribution >= 4 is 22.8 Å². The summed E-state index contributed by atoms with van der Waals surface area (Å²) in [5.74, 6) is -1.63. The molecular formula is C21H17F6N3O3. The van der Waals surface area contributed by atoms with E-state index in [1.54, 1.807) is 24.3 Å². The number of nitrogens with one attached hydrogen (secondary N) is 2. The van der Waals surface area contributed by atoms with Crippen LogP contribution in [0.25, 0.3) is 10.9 Å². The van der Waals surface area contributed by atoms with Gasteiger partial charge < -0.3 is 10.1 Å². The number of rotatable bonds is 6. The standard InChI is InChI=1S/C21H17F6N3O3/c1-11(31)28-18(9-17-15-4-2-3-5-16(15)29-30-17)19(32)33-10-12-6-13(20(22,23)24)8-14(7-12)21(25,26)27/h2-8,18H,9-10H2,1H3,(H,28,31)(H,29,30). The molecule has 0 aliphatic carbocycles. The number of H-pyrrole nitrogens is 1. The highest BCUT2D eigenvalue weighted by molar-refractivity contribution is 5.85. The SMILES string of the molecule is CC(=O)NC(Cc1n[nH]c2ccccc12)C(=O)OCc1cc(C(F)(F)F)cc(C(F)(F)F)c1. The summed E-state index contributed by atoms with van der Waals surface area (Å²) < 4.78 is 83.0. The molecule has 2 N–H and O–H groups in total. The molecule has 0 bridgehead atoms. The number of benzene rings is 2. The predicted molar refractivity (Wildman–Crippen MR) is 104 cm³/mol. The molecule has 0 aliphatic rings. The van der Waals surface area contributed by atoms with Gasteiger partial charge in [-0.15, -0.1) is 0 Å². The third-order valence-corrected chi connectivity index (χ3v) is 4.64. The minimum absolute atomic E-state index is 0.0197. The fourth-order valence-corrected chi connectivity index (χ4v) is 3.17. The highest BCUT2D eigenvalue weighted by Crippen LogP contribution is 2.36. The second-order valence-electron chi connectivity index (χ2n) is 7.19. The maximum Gasteiger partial charge on any atom is 0.416 e. The van der Waals surface area contributed by atoms with Gasteiger partial charge in [0.15, 0.2) is 0 Å². The Labute approximate surface area is 182 Å².